The first kappa shape index (κ1) is 12.7. The summed E-state index contributed by atoms with van der Waals surface area (Å²) in [5.74, 6) is 0. The molecule has 0 aromatic carbocycles. The van der Waals surface area contributed by atoms with Gasteiger partial charge in [0.1, 0.15) is 0 Å². The van der Waals surface area contributed by atoms with Crippen molar-refractivity contribution in [2.24, 2.45) is 0 Å². The number of aryl methyl sites for hydroxylation is 2. The van der Waals surface area contributed by atoms with Crippen LogP contribution in [0.2, 0.25) is 0 Å². The summed E-state index contributed by atoms with van der Waals surface area (Å²) in [5, 5.41) is 3.37. The molecular formula is C15H19N3. The van der Waals surface area contributed by atoms with E-state index in [2.05, 4.69) is 33.5 Å². The summed E-state index contributed by atoms with van der Waals surface area (Å²) in [4.78, 5) is 8.58. The van der Waals surface area contributed by atoms with Crippen molar-refractivity contribution in [2.45, 2.75) is 26.3 Å². The number of hydrogen-bond donors (Lipinski definition) is 1. The monoisotopic (exact) mass is 241 g/mol. The van der Waals surface area contributed by atoms with Crippen LogP contribution in [0.25, 0.3) is 0 Å². The van der Waals surface area contributed by atoms with E-state index in [1.165, 1.54) is 11.1 Å². The molecule has 0 amide bonds. The van der Waals surface area contributed by atoms with Gasteiger partial charge in [-0.15, -0.1) is 0 Å². The molecule has 0 bridgehead atoms. The number of hydrogen-bond acceptors (Lipinski definition) is 3. The van der Waals surface area contributed by atoms with Gasteiger partial charge in [-0.1, -0.05) is 6.07 Å². The third-order valence-corrected chi connectivity index (χ3v) is 3.02. The molecule has 2 aromatic heterocycles. The quantitative estimate of drug-likeness (QED) is 0.894. The lowest BCUT2D eigenvalue weighted by Gasteiger charge is -2.17. The highest BCUT2D eigenvalue weighted by Gasteiger charge is 2.11. The Morgan fingerprint density at radius 3 is 2.50 bits per heavy atom. The fraction of sp³-hybridized carbons (Fsp3) is 0.333. The van der Waals surface area contributed by atoms with E-state index in [4.69, 9.17) is 0 Å². The van der Waals surface area contributed by atoms with Gasteiger partial charge in [-0.05, 0) is 56.6 Å². The zero-order valence-electron chi connectivity index (χ0n) is 11.1. The summed E-state index contributed by atoms with van der Waals surface area (Å²) in [6.45, 7) is 4.07. The molecule has 0 aliphatic carbocycles. The fourth-order valence-electron chi connectivity index (χ4n) is 2.21. The van der Waals surface area contributed by atoms with E-state index in [1.807, 2.05) is 33.2 Å². The van der Waals surface area contributed by atoms with Crippen LogP contribution in [0.4, 0.5) is 0 Å². The molecule has 2 heterocycles. The molecule has 1 N–H and O–H groups in total. The molecule has 0 radical (unpaired) electrons. The highest BCUT2D eigenvalue weighted by Crippen LogP contribution is 2.19. The molecular weight excluding hydrogens is 222 g/mol. The van der Waals surface area contributed by atoms with Crippen molar-refractivity contribution in [3.63, 3.8) is 0 Å². The first-order valence-corrected chi connectivity index (χ1v) is 6.20. The van der Waals surface area contributed by atoms with E-state index in [0.717, 1.165) is 17.8 Å². The number of nitrogens with zero attached hydrogens (tertiary/aromatic N) is 2. The highest BCUT2D eigenvalue weighted by atomic mass is 14.9. The maximum atomic E-state index is 4.42. The normalized spacial score (nSPS) is 12.4. The lowest BCUT2D eigenvalue weighted by molar-refractivity contribution is 0.589. The molecule has 18 heavy (non-hydrogen) atoms. The highest BCUT2D eigenvalue weighted by molar-refractivity contribution is 5.25. The fourth-order valence-corrected chi connectivity index (χ4v) is 2.21. The van der Waals surface area contributed by atoms with Crippen molar-refractivity contribution in [1.82, 2.24) is 15.3 Å². The van der Waals surface area contributed by atoms with Gasteiger partial charge in [0, 0.05) is 29.8 Å². The van der Waals surface area contributed by atoms with Gasteiger partial charge < -0.3 is 5.32 Å². The molecule has 3 nitrogen and oxygen atoms in total. The minimum Gasteiger partial charge on any atom is -0.313 e. The number of likely N-dealkylation sites (N-methyl/N-ethyl adjacent to an activating group) is 1. The van der Waals surface area contributed by atoms with Crippen molar-refractivity contribution in [3.8, 4) is 0 Å². The molecule has 2 rings (SSSR count). The van der Waals surface area contributed by atoms with Crippen LogP contribution in [0.1, 0.15) is 28.6 Å². The maximum Gasteiger partial charge on any atom is 0.0379 e. The summed E-state index contributed by atoms with van der Waals surface area (Å²) < 4.78 is 0. The Hall–Kier alpha value is -1.74. The van der Waals surface area contributed by atoms with Crippen LogP contribution in [0.15, 0.2) is 36.7 Å². The van der Waals surface area contributed by atoms with Gasteiger partial charge in [-0.2, -0.15) is 0 Å². The van der Waals surface area contributed by atoms with Crippen LogP contribution in [0.3, 0.4) is 0 Å². The Balaban J connectivity index is 2.23. The van der Waals surface area contributed by atoms with E-state index in [1.54, 1.807) is 6.20 Å². The van der Waals surface area contributed by atoms with E-state index < -0.39 is 0 Å². The largest absolute Gasteiger partial charge is 0.313 e. The molecule has 94 valence electrons. The first-order valence-electron chi connectivity index (χ1n) is 6.20. The summed E-state index contributed by atoms with van der Waals surface area (Å²) >= 11 is 0. The first-order chi connectivity index (χ1) is 8.69. The number of nitrogens with one attached hydrogen (secondary N) is 1. The molecule has 3 heteroatoms. The Labute approximate surface area is 108 Å². The van der Waals surface area contributed by atoms with Crippen molar-refractivity contribution in [1.29, 1.82) is 0 Å². The second-order valence-corrected chi connectivity index (χ2v) is 4.59. The van der Waals surface area contributed by atoms with E-state index in [9.17, 15) is 0 Å². The maximum absolute atomic E-state index is 4.42. The Bertz CT molecular complexity index is 488. The predicted octanol–water partition coefficient (Wildman–Crippen LogP) is 2.60. The Morgan fingerprint density at radius 2 is 1.94 bits per heavy atom. The lowest BCUT2D eigenvalue weighted by atomic mass is 9.99. The van der Waals surface area contributed by atoms with Gasteiger partial charge in [0.05, 0.1) is 0 Å². The SMILES string of the molecule is CNC(Cc1cccnc1)c1cc(C)nc(C)c1. The van der Waals surface area contributed by atoms with Gasteiger partial charge in [-0.3, -0.25) is 9.97 Å². The lowest BCUT2D eigenvalue weighted by Crippen LogP contribution is -2.19. The molecule has 1 atom stereocenters. The molecule has 1 unspecified atom stereocenters. The summed E-state index contributed by atoms with van der Waals surface area (Å²) in [7, 11) is 1.99. The molecule has 2 aromatic rings. The van der Waals surface area contributed by atoms with Crippen LogP contribution in [0, 0.1) is 13.8 Å². The second-order valence-electron chi connectivity index (χ2n) is 4.59. The van der Waals surface area contributed by atoms with Crippen molar-refractivity contribution < 1.29 is 0 Å². The van der Waals surface area contributed by atoms with Crippen molar-refractivity contribution in [3.05, 3.63) is 59.2 Å². The third kappa shape index (κ3) is 3.14. The number of rotatable bonds is 4. The average Bonchev–Trinajstić information content (AvgIpc) is 2.36. The van der Waals surface area contributed by atoms with E-state index in [0.29, 0.717) is 6.04 Å². The van der Waals surface area contributed by atoms with Gasteiger partial charge >= 0.3 is 0 Å². The zero-order valence-corrected chi connectivity index (χ0v) is 11.1. The summed E-state index contributed by atoms with van der Waals surface area (Å²) in [6, 6.07) is 8.67. The molecule has 0 aliphatic heterocycles. The van der Waals surface area contributed by atoms with Crippen LogP contribution in [0.5, 0.6) is 0 Å². The van der Waals surface area contributed by atoms with Crippen molar-refractivity contribution in [2.75, 3.05) is 7.05 Å². The van der Waals surface area contributed by atoms with Crippen molar-refractivity contribution >= 4 is 0 Å². The minimum absolute atomic E-state index is 0.301. The van der Waals surface area contributed by atoms with Crippen LogP contribution >= 0.6 is 0 Å². The molecule has 0 spiro atoms. The van der Waals surface area contributed by atoms with Gasteiger partial charge in [0.15, 0.2) is 0 Å². The average molecular weight is 241 g/mol. The standard InChI is InChI=1S/C15H19N3/c1-11-7-14(8-12(2)18-11)15(16-3)9-13-5-4-6-17-10-13/h4-8,10,15-16H,9H2,1-3H3. The topological polar surface area (TPSA) is 37.8 Å². The third-order valence-electron chi connectivity index (χ3n) is 3.02. The van der Waals surface area contributed by atoms with Gasteiger partial charge in [0.25, 0.3) is 0 Å². The molecule has 0 aliphatic rings. The molecule has 0 fully saturated rings. The van der Waals surface area contributed by atoms with Crippen LogP contribution in [-0.2, 0) is 6.42 Å². The zero-order chi connectivity index (χ0) is 13.0. The number of pyridine rings is 2. The Morgan fingerprint density at radius 1 is 1.22 bits per heavy atom. The summed E-state index contributed by atoms with van der Waals surface area (Å²) in [5.41, 5.74) is 4.66. The van der Waals surface area contributed by atoms with E-state index >= 15 is 0 Å². The van der Waals surface area contributed by atoms with Crippen LogP contribution < -0.4 is 5.32 Å². The molecule has 0 saturated carbocycles. The predicted molar refractivity (Wildman–Crippen MR) is 73.5 cm³/mol. The Kier molecular flexibility index (Phi) is 4.05. The smallest absolute Gasteiger partial charge is 0.0379 e. The van der Waals surface area contributed by atoms with Gasteiger partial charge in [-0.25, -0.2) is 0 Å². The second kappa shape index (κ2) is 5.74. The minimum atomic E-state index is 0.301. The summed E-state index contributed by atoms with van der Waals surface area (Å²) in [6.07, 6.45) is 4.66. The van der Waals surface area contributed by atoms with Gasteiger partial charge in [0.2, 0.25) is 0 Å². The molecule has 0 saturated heterocycles. The number of aromatic nitrogens is 2. The van der Waals surface area contributed by atoms with E-state index in [-0.39, 0.29) is 0 Å². The van der Waals surface area contributed by atoms with Crippen LogP contribution in [-0.4, -0.2) is 17.0 Å².